The molecule has 1 aromatic rings. The highest BCUT2D eigenvalue weighted by Crippen LogP contribution is 2.24. The summed E-state index contributed by atoms with van der Waals surface area (Å²) in [5.74, 6) is 0.971. The van der Waals surface area contributed by atoms with E-state index < -0.39 is 0 Å². The van der Waals surface area contributed by atoms with Crippen LogP contribution in [0.4, 0.5) is 0 Å². The molecule has 2 atom stereocenters. The molecule has 0 aromatic heterocycles. The summed E-state index contributed by atoms with van der Waals surface area (Å²) in [5.41, 5.74) is 1.24. The van der Waals surface area contributed by atoms with E-state index in [2.05, 4.69) is 38.2 Å². The maximum Gasteiger partial charge on any atom is 0.123 e. The molecule has 0 spiro atoms. The zero-order valence-electron chi connectivity index (χ0n) is 12.2. The molecule has 2 nitrogen and oxygen atoms in total. The van der Waals surface area contributed by atoms with Crippen LogP contribution in [0.5, 0.6) is 5.75 Å². The Kier molecular flexibility index (Phi) is 6.81. The van der Waals surface area contributed by atoms with Gasteiger partial charge in [-0.3, -0.25) is 0 Å². The average molecular weight is 249 g/mol. The fourth-order valence-corrected chi connectivity index (χ4v) is 2.32. The Hall–Kier alpha value is -1.02. The van der Waals surface area contributed by atoms with Gasteiger partial charge in [0.05, 0.1) is 7.11 Å². The zero-order chi connectivity index (χ0) is 13.4. The maximum absolute atomic E-state index is 5.41. The van der Waals surface area contributed by atoms with E-state index in [4.69, 9.17) is 4.74 Å². The number of nitrogens with one attached hydrogen (secondary N) is 1. The van der Waals surface area contributed by atoms with E-state index in [0.717, 1.165) is 5.75 Å². The summed E-state index contributed by atoms with van der Waals surface area (Å²) in [6, 6.07) is 9.12. The van der Waals surface area contributed by atoms with Gasteiger partial charge in [-0.1, -0.05) is 44.4 Å². The van der Waals surface area contributed by atoms with Crippen molar-refractivity contribution in [3.8, 4) is 5.75 Å². The Morgan fingerprint density at radius 1 is 1.17 bits per heavy atom. The largest absolute Gasteiger partial charge is 0.496 e. The summed E-state index contributed by atoms with van der Waals surface area (Å²) in [6.07, 6.45) is 5.17. The van der Waals surface area contributed by atoms with Crippen molar-refractivity contribution < 1.29 is 4.74 Å². The molecule has 0 bridgehead atoms. The normalized spacial score (nSPS) is 14.2. The molecule has 18 heavy (non-hydrogen) atoms. The van der Waals surface area contributed by atoms with Crippen molar-refractivity contribution in [2.45, 2.75) is 58.5 Å². The lowest BCUT2D eigenvalue weighted by molar-refractivity contribution is 0.390. The third-order valence-electron chi connectivity index (χ3n) is 3.38. The molecule has 0 fully saturated rings. The highest BCUT2D eigenvalue weighted by molar-refractivity contribution is 5.35. The van der Waals surface area contributed by atoms with Gasteiger partial charge < -0.3 is 10.1 Å². The Morgan fingerprint density at radius 2 is 1.89 bits per heavy atom. The topological polar surface area (TPSA) is 21.3 Å². The standard InChI is InChI=1S/C16H27NO/c1-5-6-7-10-13(2)17-14(3)15-11-8-9-12-16(15)18-4/h8-9,11-14,17H,5-7,10H2,1-4H3/t13?,14-/m0/s1. The van der Waals surface area contributed by atoms with Crippen LogP contribution in [0, 0.1) is 0 Å². The van der Waals surface area contributed by atoms with E-state index in [0.29, 0.717) is 12.1 Å². The Morgan fingerprint density at radius 3 is 2.56 bits per heavy atom. The van der Waals surface area contributed by atoms with Gasteiger partial charge in [-0.25, -0.2) is 0 Å². The number of unbranched alkanes of at least 4 members (excludes halogenated alkanes) is 2. The van der Waals surface area contributed by atoms with Gasteiger partial charge >= 0.3 is 0 Å². The molecule has 102 valence electrons. The molecule has 1 rings (SSSR count). The van der Waals surface area contributed by atoms with Gasteiger partial charge in [0, 0.05) is 17.6 Å². The van der Waals surface area contributed by atoms with Gasteiger partial charge in [-0.2, -0.15) is 0 Å². The van der Waals surface area contributed by atoms with Gasteiger partial charge in [0.1, 0.15) is 5.75 Å². The van der Waals surface area contributed by atoms with Crippen molar-refractivity contribution in [2.75, 3.05) is 7.11 Å². The van der Waals surface area contributed by atoms with Crippen molar-refractivity contribution in [1.29, 1.82) is 0 Å². The Labute approximate surface area is 112 Å². The van der Waals surface area contributed by atoms with Gasteiger partial charge in [-0.15, -0.1) is 0 Å². The number of para-hydroxylation sites is 1. The molecule has 0 aliphatic rings. The van der Waals surface area contributed by atoms with Crippen LogP contribution < -0.4 is 10.1 Å². The highest BCUT2D eigenvalue weighted by Gasteiger charge is 2.12. The smallest absolute Gasteiger partial charge is 0.123 e. The molecule has 0 aliphatic heterocycles. The first-order valence-corrected chi connectivity index (χ1v) is 7.08. The number of benzene rings is 1. The number of methoxy groups -OCH3 is 1. The van der Waals surface area contributed by atoms with Crippen LogP contribution >= 0.6 is 0 Å². The first-order valence-electron chi connectivity index (χ1n) is 7.08. The molecule has 2 heteroatoms. The van der Waals surface area contributed by atoms with E-state index in [9.17, 15) is 0 Å². The van der Waals surface area contributed by atoms with Crippen LogP contribution in [0.3, 0.4) is 0 Å². The molecule has 1 N–H and O–H groups in total. The minimum Gasteiger partial charge on any atom is -0.496 e. The van der Waals surface area contributed by atoms with E-state index in [1.54, 1.807) is 7.11 Å². The lowest BCUT2D eigenvalue weighted by Gasteiger charge is -2.22. The zero-order valence-corrected chi connectivity index (χ0v) is 12.2. The molecule has 0 aliphatic carbocycles. The summed E-state index contributed by atoms with van der Waals surface area (Å²) in [4.78, 5) is 0. The van der Waals surface area contributed by atoms with Crippen molar-refractivity contribution in [1.82, 2.24) is 5.32 Å². The molecule has 0 heterocycles. The van der Waals surface area contributed by atoms with E-state index in [-0.39, 0.29) is 0 Å². The third-order valence-corrected chi connectivity index (χ3v) is 3.38. The van der Waals surface area contributed by atoms with Crippen LogP contribution in [0.1, 0.15) is 58.1 Å². The van der Waals surface area contributed by atoms with Crippen LogP contribution in [0.2, 0.25) is 0 Å². The van der Waals surface area contributed by atoms with Crippen molar-refractivity contribution in [3.05, 3.63) is 29.8 Å². The van der Waals surface area contributed by atoms with Crippen molar-refractivity contribution in [3.63, 3.8) is 0 Å². The summed E-state index contributed by atoms with van der Waals surface area (Å²) in [5, 5.41) is 3.65. The van der Waals surface area contributed by atoms with E-state index >= 15 is 0 Å². The van der Waals surface area contributed by atoms with Crippen LogP contribution in [-0.4, -0.2) is 13.2 Å². The van der Waals surface area contributed by atoms with Crippen LogP contribution in [-0.2, 0) is 0 Å². The fraction of sp³-hybridized carbons (Fsp3) is 0.625. The molecule has 0 saturated carbocycles. The minimum absolute atomic E-state index is 0.331. The lowest BCUT2D eigenvalue weighted by Crippen LogP contribution is -2.29. The number of ether oxygens (including phenoxy) is 1. The van der Waals surface area contributed by atoms with Crippen LogP contribution in [0.15, 0.2) is 24.3 Å². The predicted octanol–water partition coefficient (Wildman–Crippen LogP) is 4.31. The molecule has 0 radical (unpaired) electrons. The van der Waals surface area contributed by atoms with Crippen LogP contribution in [0.25, 0.3) is 0 Å². The number of rotatable bonds is 8. The quantitative estimate of drug-likeness (QED) is 0.693. The third kappa shape index (κ3) is 4.69. The van der Waals surface area contributed by atoms with Gasteiger partial charge in [0.15, 0.2) is 0 Å². The second-order valence-electron chi connectivity index (χ2n) is 5.03. The summed E-state index contributed by atoms with van der Waals surface area (Å²) in [6.45, 7) is 6.71. The maximum atomic E-state index is 5.41. The minimum atomic E-state index is 0.331. The lowest BCUT2D eigenvalue weighted by atomic mass is 10.0. The highest BCUT2D eigenvalue weighted by atomic mass is 16.5. The SMILES string of the molecule is CCCCCC(C)N[C@@H](C)c1ccccc1OC. The summed E-state index contributed by atoms with van der Waals surface area (Å²) >= 11 is 0. The monoisotopic (exact) mass is 249 g/mol. The van der Waals surface area contributed by atoms with Gasteiger partial charge in [0.25, 0.3) is 0 Å². The molecular weight excluding hydrogens is 222 g/mol. The molecule has 1 aromatic carbocycles. The first kappa shape index (κ1) is 15.0. The average Bonchev–Trinajstić information content (AvgIpc) is 2.39. The summed E-state index contributed by atoms with van der Waals surface area (Å²) in [7, 11) is 1.73. The molecule has 0 amide bonds. The predicted molar refractivity (Wildman–Crippen MR) is 78.1 cm³/mol. The molecule has 0 saturated heterocycles. The Balaban J connectivity index is 2.51. The fourth-order valence-electron chi connectivity index (χ4n) is 2.32. The van der Waals surface area contributed by atoms with E-state index in [1.165, 1.54) is 31.2 Å². The summed E-state index contributed by atoms with van der Waals surface area (Å²) < 4.78 is 5.41. The second kappa shape index (κ2) is 8.15. The molecular formula is C16H27NO. The van der Waals surface area contributed by atoms with E-state index in [1.807, 2.05) is 12.1 Å². The van der Waals surface area contributed by atoms with Crippen molar-refractivity contribution >= 4 is 0 Å². The first-order chi connectivity index (χ1) is 8.69. The number of hydrogen-bond donors (Lipinski definition) is 1. The molecule has 1 unspecified atom stereocenters. The second-order valence-corrected chi connectivity index (χ2v) is 5.03. The Bertz CT molecular complexity index is 338. The van der Waals surface area contributed by atoms with Gasteiger partial charge in [-0.05, 0) is 26.3 Å². The van der Waals surface area contributed by atoms with Gasteiger partial charge in [0.2, 0.25) is 0 Å². The number of hydrogen-bond acceptors (Lipinski definition) is 2. The van der Waals surface area contributed by atoms with Crippen molar-refractivity contribution in [2.24, 2.45) is 0 Å².